The molecule has 0 spiro atoms. The molecule has 0 aliphatic carbocycles. The molecule has 1 aromatic carbocycles. The van der Waals surface area contributed by atoms with Crippen LogP contribution in [0.3, 0.4) is 0 Å². The first-order valence-corrected chi connectivity index (χ1v) is 8.78. The number of nitrogens with zero attached hydrogens (tertiary/aromatic N) is 3. The molecular formula is C18H20N4O5. The number of rotatable bonds is 6. The predicted octanol–water partition coefficient (Wildman–Crippen LogP) is 0.905. The summed E-state index contributed by atoms with van der Waals surface area (Å²) >= 11 is 0. The SMILES string of the molecule is CCCCn1nc(C(=O)OCC(=O)N2CCNC2=O)c2ccccc2c1=O. The molecular weight excluding hydrogens is 352 g/mol. The summed E-state index contributed by atoms with van der Waals surface area (Å²) in [5.74, 6) is -1.42. The smallest absolute Gasteiger partial charge is 0.359 e. The second-order valence-corrected chi connectivity index (χ2v) is 6.13. The maximum absolute atomic E-state index is 12.5. The molecule has 0 unspecified atom stereocenters. The molecule has 1 aliphatic heterocycles. The Labute approximate surface area is 154 Å². The second kappa shape index (κ2) is 7.98. The fourth-order valence-corrected chi connectivity index (χ4v) is 2.83. The lowest BCUT2D eigenvalue weighted by Gasteiger charge is -2.13. The van der Waals surface area contributed by atoms with Crippen molar-refractivity contribution in [3.05, 3.63) is 40.3 Å². The third kappa shape index (κ3) is 3.81. The van der Waals surface area contributed by atoms with Gasteiger partial charge in [0.15, 0.2) is 12.3 Å². The van der Waals surface area contributed by atoms with Gasteiger partial charge in [0, 0.05) is 25.0 Å². The Bertz CT molecular complexity index is 952. The van der Waals surface area contributed by atoms with Crippen LogP contribution in [0.2, 0.25) is 0 Å². The first-order chi connectivity index (χ1) is 13.0. The van der Waals surface area contributed by atoms with Gasteiger partial charge in [-0.25, -0.2) is 14.3 Å². The van der Waals surface area contributed by atoms with Gasteiger partial charge in [0.25, 0.3) is 11.5 Å². The lowest BCUT2D eigenvalue weighted by Crippen LogP contribution is -2.37. The zero-order valence-corrected chi connectivity index (χ0v) is 14.9. The van der Waals surface area contributed by atoms with E-state index >= 15 is 0 Å². The summed E-state index contributed by atoms with van der Waals surface area (Å²) < 4.78 is 6.32. The zero-order chi connectivity index (χ0) is 19.4. The number of fused-ring (bicyclic) bond motifs is 1. The van der Waals surface area contributed by atoms with Crippen LogP contribution in [0, 0.1) is 0 Å². The van der Waals surface area contributed by atoms with Gasteiger partial charge in [0.2, 0.25) is 0 Å². The molecule has 1 aromatic heterocycles. The molecule has 1 fully saturated rings. The zero-order valence-electron chi connectivity index (χ0n) is 14.9. The Morgan fingerprint density at radius 1 is 1.22 bits per heavy atom. The van der Waals surface area contributed by atoms with E-state index in [0.717, 1.165) is 17.7 Å². The van der Waals surface area contributed by atoms with Crippen molar-refractivity contribution in [2.75, 3.05) is 19.7 Å². The average molecular weight is 372 g/mol. The first-order valence-electron chi connectivity index (χ1n) is 8.78. The third-order valence-corrected chi connectivity index (χ3v) is 4.27. The van der Waals surface area contributed by atoms with Gasteiger partial charge in [-0.05, 0) is 12.5 Å². The molecule has 3 amide bonds. The van der Waals surface area contributed by atoms with Crippen LogP contribution in [-0.2, 0) is 16.1 Å². The molecule has 2 heterocycles. The van der Waals surface area contributed by atoms with Crippen LogP contribution in [0.5, 0.6) is 0 Å². The number of aryl methyl sites for hydroxylation is 1. The van der Waals surface area contributed by atoms with Crippen molar-refractivity contribution in [3.8, 4) is 0 Å². The summed E-state index contributed by atoms with van der Waals surface area (Å²) in [6.07, 6.45) is 1.61. The van der Waals surface area contributed by atoms with Crippen LogP contribution in [0.1, 0.15) is 30.3 Å². The maximum atomic E-state index is 12.5. The number of nitrogens with one attached hydrogen (secondary N) is 1. The molecule has 27 heavy (non-hydrogen) atoms. The summed E-state index contributed by atoms with van der Waals surface area (Å²) in [5.41, 5.74) is -0.305. The number of benzene rings is 1. The Balaban J connectivity index is 1.85. The quantitative estimate of drug-likeness (QED) is 0.755. The number of unbranched alkanes of at least 4 members (excludes halogenated alkanes) is 1. The molecule has 0 bridgehead atoms. The molecule has 142 valence electrons. The van der Waals surface area contributed by atoms with Crippen molar-refractivity contribution in [3.63, 3.8) is 0 Å². The second-order valence-electron chi connectivity index (χ2n) is 6.13. The van der Waals surface area contributed by atoms with E-state index in [4.69, 9.17) is 4.74 Å². The molecule has 9 nitrogen and oxygen atoms in total. The van der Waals surface area contributed by atoms with Gasteiger partial charge >= 0.3 is 12.0 Å². The molecule has 0 radical (unpaired) electrons. The van der Waals surface area contributed by atoms with E-state index in [1.165, 1.54) is 4.68 Å². The molecule has 0 atom stereocenters. The van der Waals surface area contributed by atoms with Crippen molar-refractivity contribution in [1.82, 2.24) is 20.0 Å². The Morgan fingerprint density at radius 3 is 2.63 bits per heavy atom. The van der Waals surface area contributed by atoms with Gasteiger partial charge in [-0.15, -0.1) is 0 Å². The number of carbonyl (C=O) groups is 3. The average Bonchev–Trinajstić information content (AvgIpc) is 3.11. The number of urea groups is 1. The first kappa shape index (κ1) is 18.6. The Morgan fingerprint density at radius 2 is 1.96 bits per heavy atom. The van der Waals surface area contributed by atoms with Crippen molar-refractivity contribution in [2.24, 2.45) is 0 Å². The molecule has 1 aliphatic rings. The standard InChI is InChI=1S/C18H20N4O5/c1-2-3-9-22-16(24)13-7-5-4-6-12(13)15(20-22)17(25)27-11-14(23)21-10-8-19-18(21)26/h4-7H,2-3,8-11H2,1H3,(H,19,26). The summed E-state index contributed by atoms with van der Waals surface area (Å²) in [6.45, 7) is 2.40. The minimum absolute atomic E-state index is 0.0278. The lowest BCUT2D eigenvalue weighted by molar-refractivity contribution is -0.130. The van der Waals surface area contributed by atoms with E-state index in [2.05, 4.69) is 10.4 Å². The predicted molar refractivity (Wildman–Crippen MR) is 96.3 cm³/mol. The number of imide groups is 1. The van der Waals surface area contributed by atoms with E-state index in [0.29, 0.717) is 23.9 Å². The van der Waals surface area contributed by atoms with E-state index in [-0.39, 0.29) is 17.8 Å². The largest absolute Gasteiger partial charge is 0.451 e. The number of hydrogen-bond donors (Lipinski definition) is 1. The van der Waals surface area contributed by atoms with Crippen molar-refractivity contribution < 1.29 is 19.1 Å². The topological polar surface area (TPSA) is 111 Å². The Kier molecular flexibility index (Phi) is 5.49. The number of carbonyl (C=O) groups excluding carboxylic acids is 3. The summed E-state index contributed by atoms with van der Waals surface area (Å²) in [5, 5.41) is 7.39. The van der Waals surface area contributed by atoms with Gasteiger partial charge in [0.05, 0.1) is 5.39 Å². The van der Waals surface area contributed by atoms with Crippen molar-refractivity contribution in [1.29, 1.82) is 0 Å². The highest BCUT2D eigenvalue weighted by Gasteiger charge is 2.27. The van der Waals surface area contributed by atoms with Crippen LogP contribution in [-0.4, -0.2) is 52.3 Å². The van der Waals surface area contributed by atoms with Crippen molar-refractivity contribution >= 4 is 28.7 Å². The van der Waals surface area contributed by atoms with Gasteiger partial charge < -0.3 is 10.1 Å². The highest BCUT2D eigenvalue weighted by Crippen LogP contribution is 2.14. The van der Waals surface area contributed by atoms with Gasteiger partial charge in [-0.3, -0.25) is 14.5 Å². The van der Waals surface area contributed by atoms with E-state index in [1.54, 1.807) is 24.3 Å². The molecule has 0 saturated carbocycles. The van der Waals surface area contributed by atoms with Crippen LogP contribution < -0.4 is 10.9 Å². The van der Waals surface area contributed by atoms with Crippen LogP contribution in [0.25, 0.3) is 10.8 Å². The lowest BCUT2D eigenvalue weighted by atomic mass is 10.1. The fraction of sp³-hybridized carbons (Fsp3) is 0.389. The highest BCUT2D eigenvalue weighted by atomic mass is 16.5. The van der Waals surface area contributed by atoms with Gasteiger partial charge in [0.1, 0.15) is 0 Å². The van der Waals surface area contributed by atoms with E-state index in [9.17, 15) is 19.2 Å². The normalized spacial score (nSPS) is 13.7. The molecule has 2 aromatic rings. The number of hydrogen-bond acceptors (Lipinski definition) is 6. The number of esters is 1. The Hall–Kier alpha value is -3.23. The monoisotopic (exact) mass is 372 g/mol. The summed E-state index contributed by atoms with van der Waals surface area (Å²) in [6, 6.07) is 6.13. The van der Waals surface area contributed by atoms with Gasteiger partial charge in [-0.2, -0.15) is 5.10 Å². The van der Waals surface area contributed by atoms with E-state index in [1.807, 2.05) is 6.92 Å². The molecule has 3 rings (SSSR count). The van der Waals surface area contributed by atoms with Crippen molar-refractivity contribution in [2.45, 2.75) is 26.3 Å². The van der Waals surface area contributed by atoms with Crippen LogP contribution in [0.4, 0.5) is 4.79 Å². The van der Waals surface area contributed by atoms with Crippen LogP contribution in [0.15, 0.2) is 29.1 Å². The van der Waals surface area contributed by atoms with E-state index < -0.39 is 24.5 Å². The number of amides is 3. The van der Waals surface area contributed by atoms with Gasteiger partial charge in [-0.1, -0.05) is 31.5 Å². The number of ether oxygens (including phenoxy) is 1. The molecule has 1 saturated heterocycles. The summed E-state index contributed by atoms with van der Waals surface area (Å²) in [4.78, 5) is 49.6. The van der Waals surface area contributed by atoms with Crippen LogP contribution >= 0.6 is 0 Å². The molecule has 9 heteroatoms. The molecule has 1 N–H and O–H groups in total. The minimum atomic E-state index is -0.815. The number of aromatic nitrogens is 2. The summed E-state index contributed by atoms with van der Waals surface area (Å²) in [7, 11) is 0. The highest BCUT2D eigenvalue weighted by molar-refractivity contribution is 6.03. The third-order valence-electron chi connectivity index (χ3n) is 4.27. The minimum Gasteiger partial charge on any atom is -0.451 e. The fourth-order valence-electron chi connectivity index (χ4n) is 2.83. The maximum Gasteiger partial charge on any atom is 0.359 e.